The Morgan fingerprint density at radius 3 is 2.77 bits per heavy atom. The second-order valence-electron chi connectivity index (χ2n) is 6.21. The Kier molecular flexibility index (Phi) is 4.59. The van der Waals surface area contributed by atoms with Crippen molar-refractivity contribution in [2.75, 3.05) is 11.9 Å². The first-order valence-electron chi connectivity index (χ1n) is 8.15. The number of aromatic nitrogens is 4. The molecule has 1 fully saturated rings. The number of nitrogens with one attached hydrogen (secondary N) is 1. The lowest BCUT2D eigenvalue weighted by Gasteiger charge is -2.16. The van der Waals surface area contributed by atoms with Crippen LogP contribution in [0.5, 0.6) is 0 Å². The predicted octanol–water partition coefficient (Wildman–Crippen LogP) is 0.420. The van der Waals surface area contributed by atoms with Crippen LogP contribution in [0.4, 0.5) is 5.82 Å². The van der Waals surface area contributed by atoms with Crippen molar-refractivity contribution >= 4 is 28.3 Å². The Morgan fingerprint density at radius 2 is 2.08 bits per heavy atom. The molecule has 0 aliphatic carbocycles. The normalized spacial score (nSPS) is 25.8. The average Bonchev–Trinajstić information content (AvgIpc) is 3.32. The summed E-state index contributed by atoms with van der Waals surface area (Å²) in [7, 11) is 0. The highest BCUT2D eigenvalue weighted by atomic mass is 32.1. The summed E-state index contributed by atoms with van der Waals surface area (Å²) >= 11 is 1.65. The Labute approximate surface area is 152 Å². The minimum absolute atomic E-state index is 0.386. The van der Waals surface area contributed by atoms with Gasteiger partial charge in [-0.1, -0.05) is 0 Å². The van der Waals surface area contributed by atoms with E-state index in [1.54, 1.807) is 15.9 Å². The van der Waals surface area contributed by atoms with Crippen molar-refractivity contribution in [3.05, 3.63) is 34.5 Å². The standard InChI is InChI=1S/C16H19N5O4S/c1-8-4-26-5-9(8)2-17-14-11-15(19-6-18-14)21(7-20-11)16-13(24)12(23)10(3-22)25-16/h4-7,10,12-13,16,22-24H,2-3H2,1H3,(H,17,18,19)/t10-,12-,13-,16-/m1/s1. The highest BCUT2D eigenvalue weighted by molar-refractivity contribution is 7.08. The van der Waals surface area contributed by atoms with Crippen molar-refractivity contribution in [3.8, 4) is 0 Å². The van der Waals surface area contributed by atoms with Gasteiger partial charge in [0.05, 0.1) is 12.9 Å². The van der Waals surface area contributed by atoms with Gasteiger partial charge in [-0.05, 0) is 28.8 Å². The van der Waals surface area contributed by atoms with Gasteiger partial charge in [0.2, 0.25) is 0 Å². The van der Waals surface area contributed by atoms with Gasteiger partial charge in [0.15, 0.2) is 23.2 Å². The summed E-state index contributed by atoms with van der Waals surface area (Å²) in [5.74, 6) is 0.575. The average molecular weight is 377 g/mol. The van der Waals surface area contributed by atoms with Crippen molar-refractivity contribution < 1.29 is 20.1 Å². The van der Waals surface area contributed by atoms with Crippen LogP contribution in [0.3, 0.4) is 0 Å². The number of aliphatic hydroxyl groups is 3. The Morgan fingerprint density at radius 1 is 1.23 bits per heavy atom. The van der Waals surface area contributed by atoms with Crippen LogP contribution in [0.25, 0.3) is 11.2 Å². The fourth-order valence-corrected chi connectivity index (χ4v) is 3.88. The van der Waals surface area contributed by atoms with E-state index in [2.05, 4.69) is 38.0 Å². The summed E-state index contributed by atoms with van der Waals surface area (Å²) in [4.78, 5) is 12.8. The number of fused-ring (bicyclic) bond motifs is 1. The number of aryl methyl sites for hydroxylation is 1. The van der Waals surface area contributed by atoms with Gasteiger partial charge < -0.3 is 25.4 Å². The van der Waals surface area contributed by atoms with Crippen LogP contribution in [-0.2, 0) is 11.3 Å². The first-order valence-corrected chi connectivity index (χ1v) is 9.10. The summed E-state index contributed by atoms with van der Waals surface area (Å²) in [5.41, 5.74) is 3.41. The third-order valence-electron chi connectivity index (χ3n) is 4.56. The minimum atomic E-state index is -1.19. The molecule has 1 aliphatic rings. The van der Waals surface area contributed by atoms with E-state index >= 15 is 0 Å². The van der Waals surface area contributed by atoms with E-state index in [9.17, 15) is 15.3 Å². The van der Waals surface area contributed by atoms with Crippen molar-refractivity contribution in [1.82, 2.24) is 19.5 Å². The van der Waals surface area contributed by atoms with Gasteiger partial charge in [0, 0.05) is 6.54 Å². The molecule has 0 unspecified atom stereocenters. The van der Waals surface area contributed by atoms with E-state index in [4.69, 9.17) is 4.74 Å². The number of ether oxygens (including phenoxy) is 1. The molecule has 0 aromatic carbocycles. The fraction of sp³-hybridized carbons (Fsp3) is 0.438. The quantitative estimate of drug-likeness (QED) is 0.504. The maximum Gasteiger partial charge on any atom is 0.167 e. The second-order valence-corrected chi connectivity index (χ2v) is 6.95. The van der Waals surface area contributed by atoms with Crippen molar-refractivity contribution in [3.63, 3.8) is 0 Å². The van der Waals surface area contributed by atoms with Crippen LogP contribution < -0.4 is 5.32 Å². The number of rotatable bonds is 5. The molecule has 0 radical (unpaired) electrons. The molecule has 4 atom stereocenters. The Hall–Kier alpha value is -2.11. The first-order chi connectivity index (χ1) is 12.6. The maximum atomic E-state index is 10.2. The van der Waals surface area contributed by atoms with Gasteiger partial charge in [0.25, 0.3) is 0 Å². The number of nitrogens with zero attached hydrogens (tertiary/aromatic N) is 4. The van der Waals surface area contributed by atoms with Crippen LogP contribution in [0, 0.1) is 6.92 Å². The van der Waals surface area contributed by atoms with Gasteiger partial charge in [-0.25, -0.2) is 15.0 Å². The summed E-state index contributed by atoms with van der Waals surface area (Å²) < 4.78 is 7.10. The summed E-state index contributed by atoms with van der Waals surface area (Å²) in [6, 6.07) is 0. The smallest absolute Gasteiger partial charge is 0.167 e. The highest BCUT2D eigenvalue weighted by Gasteiger charge is 2.44. The van der Waals surface area contributed by atoms with E-state index in [0.29, 0.717) is 23.5 Å². The number of aliphatic hydroxyl groups excluding tert-OH is 3. The number of anilines is 1. The maximum absolute atomic E-state index is 10.2. The fourth-order valence-electron chi connectivity index (χ4n) is 3.02. The molecule has 9 nitrogen and oxygen atoms in total. The molecular formula is C16H19N5O4S. The molecule has 0 spiro atoms. The first kappa shape index (κ1) is 17.3. The topological polar surface area (TPSA) is 126 Å². The number of thiophene rings is 1. The summed E-state index contributed by atoms with van der Waals surface area (Å²) in [5, 5.41) is 36.9. The Bertz CT molecular complexity index is 913. The molecule has 4 heterocycles. The van der Waals surface area contributed by atoms with E-state index in [-0.39, 0.29) is 6.61 Å². The third kappa shape index (κ3) is 2.85. The third-order valence-corrected chi connectivity index (χ3v) is 5.47. The zero-order valence-electron chi connectivity index (χ0n) is 14.0. The lowest BCUT2D eigenvalue weighted by Crippen LogP contribution is -2.33. The van der Waals surface area contributed by atoms with Crippen molar-refractivity contribution in [2.24, 2.45) is 0 Å². The Balaban J connectivity index is 1.62. The molecule has 0 bridgehead atoms. The predicted molar refractivity (Wildman–Crippen MR) is 94.7 cm³/mol. The van der Waals surface area contributed by atoms with E-state index in [1.165, 1.54) is 23.8 Å². The SMILES string of the molecule is Cc1cscc1CNc1ncnc2c1ncn2[C@@H]1O[C@H](CO)[C@@H](O)[C@H]1O. The van der Waals surface area contributed by atoms with E-state index < -0.39 is 24.5 Å². The van der Waals surface area contributed by atoms with Gasteiger partial charge in [-0.3, -0.25) is 4.57 Å². The molecule has 26 heavy (non-hydrogen) atoms. The zero-order chi connectivity index (χ0) is 18.3. The molecule has 1 aliphatic heterocycles. The molecule has 3 aromatic rings. The lowest BCUT2D eigenvalue weighted by molar-refractivity contribution is -0.0511. The molecule has 138 valence electrons. The van der Waals surface area contributed by atoms with Crippen LogP contribution in [0.2, 0.25) is 0 Å². The van der Waals surface area contributed by atoms with E-state index in [1.807, 2.05) is 0 Å². The lowest BCUT2D eigenvalue weighted by atomic mass is 10.1. The number of hydrogen-bond acceptors (Lipinski definition) is 9. The van der Waals surface area contributed by atoms with Crippen LogP contribution in [-0.4, -0.2) is 59.8 Å². The molecule has 0 saturated carbocycles. The zero-order valence-corrected chi connectivity index (χ0v) is 14.8. The molecular weight excluding hydrogens is 358 g/mol. The number of imidazole rings is 1. The van der Waals surface area contributed by atoms with Gasteiger partial charge in [-0.15, -0.1) is 0 Å². The second kappa shape index (κ2) is 6.89. The van der Waals surface area contributed by atoms with Crippen molar-refractivity contribution in [2.45, 2.75) is 38.0 Å². The minimum Gasteiger partial charge on any atom is -0.394 e. The molecule has 10 heteroatoms. The van der Waals surface area contributed by atoms with E-state index in [0.717, 1.165) is 0 Å². The van der Waals surface area contributed by atoms with Crippen LogP contribution in [0.15, 0.2) is 23.4 Å². The van der Waals surface area contributed by atoms with Gasteiger partial charge in [0.1, 0.15) is 24.6 Å². The molecule has 3 aromatic heterocycles. The monoisotopic (exact) mass is 377 g/mol. The molecule has 4 rings (SSSR count). The molecule has 0 amide bonds. The van der Waals surface area contributed by atoms with Gasteiger partial charge >= 0.3 is 0 Å². The summed E-state index contributed by atoms with van der Waals surface area (Å²) in [6.45, 7) is 2.28. The number of hydrogen-bond donors (Lipinski definition) is 4. The van der Waals surface area contributed by atoms with Crippen molar-refractivity contribution in [1.29, 1.82) is 0 Å². The largest absolute Gasteiger partial charge is 0.394 e. The molecule has 4 N–H and O–H groups in total. The van der Waals surface area contributed by atoms with Gasteiger partial charge in [-0.2, -0.15) is 11.3 Å². The van der Waals surface area contributed by atoms with Crippen LogP contribution in [0.1, 0.15) is 17.4 Å². The highest BCUT2D eigenvalue weighted by Crippen LogP contribution is 2.32. The molecule has 1 saturated heterocycles. The summed E-state index contributed by atoms with van der Waals surface area (Å²) in [6.07, 6.45) is -1.21. The van der Waals surface area contributed by atoms with Crippen LogP contribution >= 0.6 is 11.3 Å².